The number of hydroxylamine groups is 1. The molecule has 4 heteroatoms. The predicted molar refractivity (Wildman–Crippen MR) is 45.5 cm³/mol. The first-order valence-electron chi connectivity index (χ1n) is 3.88. The summed E-state index contributed by atoms with van der Waals surface area (Å²) in [6.45, 7) is 1.90. The van der Waals surface area contributed by atoms with Gasteiger partial charge in [0.1, 0.15) is 0 Å². The Hall–Kier alpha value is -0.840. The van der Waals surface area contributed by atoms with E-state index in [9.17, 15) is 0 Å². The molecule has 0 saturated carbocycles. The van der Waals surface area contributed by atoms with Crippen LogP contribution in [0.1, 0.15) is 5.56 Å². The molecule has 1 heterocycles. The number of hydrogen-bond donors (Lipinski definition) is 2. The number of nitrogens with one attached hydrogen (secondary N) is 2. The van der Waals surface area contributed by atoms with Crippen molar-refractivity contribution in [1.29, 1.82) is 0 Å². The summed E-state index contributed by atoms with van der Waals surface area (Å²) in [7, 11) is 1.65. The fourth-order valence-electron chi connectivity index (χ4n) is 0.800. The molecule has 0 aromatic carbocycles. The number of aromatic amines is 1. The largest absolute Gasteiger partial charge is 0.382 e. The molecule has 0 aliphatic heterocycles. The van der Waals surface area contributed by atoms with Gasteiger partial charge in [-0.3, -0.25) is 4.84 Å². The molecule has 1 rings (SSSR count). The van der Waals surface area contributed by atoms with Gasteiger partial charge in [-0.05, 0) is 11.6 Å². The molecular formula is C8H14N2O2. The van der Waals surface area contributed by atoms with Crippen LogP contribution in [0.4, 0.5) is 0 Å². The number of ether oxygens (including phenoxy) is 1. The van der Waals surface area contributed by atoms with Crippen LogP contribution in [0.2, 0.25) is 0 Å². The van der Waals surface area contributed by atoms with Gasteiger partial charge >= 0.3 is 0 Å². The molecule has 1 aromatic rings. The normalized spacial score (nSPS) is 10.4. The van der Waals surface area contributed by atoms with E-state index in [1.54, 1.807) is 7.11 Å². The van der Waals surface area contributed by atoms with Gasteiger partial charge in [-0.1, -0.05) is 0 Å². The van der Waals surface area contributed by atoms with E-state index in [-0.39, 0.29) is 0 Å². The van der Waals surface area contributed by atoms with Crippen molar-refractivity contribution in [3.8, 4) is 0 Å². The van der Waals surface area contributed by atoms with Crippen molar-refractivity contribution in [1.82, 2.24) is 10.5 Å². The van der Waals surface area contributed by atoms with Crippen molar-refractivity contribution < 1.29 is 9.57 Å². The molecule has 0 saturated heterocycles. The fraction of sp³-hybridized carbons (Fsp3) is 0.500. The summed E-state index contributed by atoms with van der Waals surface area (Å²) in [5, 5.41) is 0. The Morgan fingerprint density at radius 2 is 2.42 bits per heavy atom. The van der Waals surface area contributed by atoms with E-state index in [0.29, 0.717) is 19.8 Å². The number of hydrogen-bond acceptors (Lipinski definition) is 3. The second-order valence-electron chi connectivity index (χ2n) is 2.38. The molecule has 0 aliphatic carbocycles. The van der Waals surface area contributed by atoms with Gasteiger partial charge in [0.2, 0.25) is 0 Å². The lowest BCUT2D eigenvalue weighted by molar-refractivity contribution is 0.00348. The molecular weight excluding hydrogens is 156 g/mol. The van der Waals surface area contributed by atoms with Crippen LogP contribution in [-0.4, -0.2) is 25.3 Å². The third-order valence-corrected chi connectivity index (χ3v) is 1.43. The van der Waals surface area contributed by atoms with Gasteiger partial charge in [0, 0.05) is 26.0 Å². The molecule has 2 N–H and O–H groups in total. The first kappa shape index (κ1) is 9.25. The van der Waals surface area contributed by atoms with Gasteiger partial charge in [0.05, 0.1) is 13.2 Å². The monoisotopic (exact) mass is 170 g/mol. The minimum atomic E-state index is 0.570. The van der Waals surface area contributed by atoms with Crippen molar-refractivity contribution in [3.05, 3.63) is 24.0 Å². The summed E-state index contributed by atoms with van der Waals surface area (Å²) in [6.07, 6.45) is 3.80. The zero-order chi connectivity index (χ0) is 8.65. The minimum Gasteiger partial charge on any atom is -0.382 e. The van der Waals surface area contributed by atoms with Gasteiger partial charge in [-0.15, -0.1) is 0 Å². The van der Waals surface area contributed by atoms with Crippen molar-refractivity contribution in [2.45, 2.75) is 6.54 Å². The van der Waals surface area contributed by atoms with Crippen molar-refractivity contribution in [2.75, 3.05) is 20.3 Å². The summed E-state index contributed by atoms with van der Waals surface area (Å²) in [6, 6.07) is 1.99. The summed E-state index contributed by atoms with van der Waals surface area (Å²) in [4.78, 5) is 8.02. The van der Waals surface area contributed by atoms with E-state index < -0.39 is 0 Å². The fourth-order valence-corrected chi connectivity index (χ4v) is 0.800. The van der Waals surface area contributed by atoms with E-state index in [1.807, 2.05) is 18.5 Å². The Morgan fingerprint density at radius 3 is 3.08 bits per heavy atom. The van der Waals surface area contributed by atoms with Crippen LogP contribution in [0, 0.1) is 0 Å². The molecule has 0 spiro atoms. The zero-order valence-electron chi connectivity index (χ0n) is 7.17. The maximum absolute atomic E-state index is 5.06. The Bertz CT molecular complexity index is 187. The lowest BCUT2D eigenvalue weighted by Gasteiger charge is -2.02. The standard InChI is InChI=1S/C8H14N2O2/c1-11-4-5-12-10-7-8-2-3-9-6-8/h2-3,6,9-10H,4-5,7H2,1H3. The average molecular weight is 170 g/mol. The maximum Gasteiger partial charge on any atom is 0.0916 e. The Labute approximate surface area is 71.8 Å². The molecule has 0 aliphatic rings. The molecule has 68 valence electrons. The van der Waals surface area contributed by atoms with Crippen molar-refractivity contribution in [2.24, 2.45) is 0 Å². The SMILES string of the molecule is COCCONCc1cc[nH]c1. The zero-order valence-corrected chi connectivity index (χ0v) is 7.17. The van der Waals surface area contributed by atoms with E-state index in [1.165, 1.54) is 5.56 Å². The second-order valence-corrected chi connectivity index (χ2v) is 2.38. The van der Waals surface area contributed by atoms with Gasteiger partial charge in [-0.2, -0.15) is 5.48 Å². The molecule has 0 radical (unpaired) electrons. The highest BCUT2D eigenvalue weighted by atomic mass is 16.7. The third kappa shape index (κ3) is 3.52. The molecule has 0 unspecified atom stereocenters. The van der Waals surface area contributed by atoms with Crippen LogP contribution in [0.25, 0.3) is 0 Å². The van der Waals surface area contributed by atoms with Crippen LogP contribution in [-0.2, 0) is 16.1 Å². The van der Waals surface area contributed by atoms with Crippen molar-refractivity contribution >= 4 is 0 Å². The third-order valence-electron chi connectivity index (χ3n) is 1.43. The smallest absolute Gasteiger partial charge is 0.0916 e. The molecule has 1 aromatic heterocycles. The lowest BCUT2D eigenvalue weighted by Crippen LogP contribution is -2.16. The highest BCUT2D eigenvalue weighted by Crippen LogP contribution is 1.94. The molecule has 0 atom stereocenters. The summed E-state index contributed by atoms with van der Waals surface area (Å²) in [5.41, 5.74) is 4.00. The number of methoxy groups -OCH3 is 1. The summed E-state index contributed by atoms with van der Waals surface area (Å²) < 4.78 is 4.81. The highest BCUT2D eigenvalue weighted by molar-refractivity contribution is 5.06. The first-order valence-corrected chi connectivity index (χ1v) is 3.88. The van der Waals surface area contributed by atoms with Gasteiger partial charge in [-0.25, -0.2) is 0 Å². The second kappa shape index (κ2) is 5.77. The molecule has 4 nitrogen and oxygen atoms in total. The van der Waals surface area contributed by atoms with Crippen LogP contribution < -0.4 is 5.48 Å². The minimum absolute atomic E-state index is 0.570. The number of aromatic nitrogens is 1. The quantitative estimate of drug-likeness (QED) is 0.487. The van der Waals surface area contributed by atoms with Crippen LogP contribution in [0.3, 0.4) is 0 Å². The highest BCUT2D eigenvalue weighted by Gasteiger charge is 1.90. The lowest BCUT2D eigenvalue weighted by atomic mass is 10.3. The van der Waals surface area contributed by atoms with Crippen LogP contribution in [0.15, 0.2) is 18.5 Å². The first-order chi connectivity index (χ1) is 5.93. The van der Waals surface area contributed by atoms with Gasteiger partial charge in [0.25, 0.3) is 0 Å². The average Bonchev–Trinajstić information content (AvgIpc) is 2.57. The van der Waals surface area contributed by atoms with Crippen molar-refractivity contribution in [3.63, 3.8) is 0 Å². The molecule has 0 amide bonds. The van der Waals surface area contributed by atoms with E-state index >= 15 is 0 Å². The maximum atomic E-state index is 5.06. The van der Waals surface area contributed by atoms with Gasteiger partial charge < -0.3 is 9.72 Å². The van der Waals surface area contributed by atoms with Crippen LogP contribution >= 0.6 is 0 Å². The summed E-state index contributed by atoms with van der Waals surface area (Å²) >= 11 is 0. The van der Waals surface area contributed by atoms with Gasteiger partial charge in [0.15, 0.2) is 0 Å². The van der Waals surface area contributed by atoms with E-state index in [2.05, 4.69) is 10.5 Å². The van der Waals surface area contributed by atoms with E-state index in [0.717, 1.165) is 0 Å². The predicted octanol–water partition coefficient (Wildman–Crippen LogP) is 0.682. The molecule has 0 bridgehead atoms. The molecule has 0 fully saturated rings. The Kier molecular flexibility index (Phi) is 4.44. The van der Waals surface area contributed by atoms with E-state index in [4.69, 9.17) is 9.57 Å². The summed E-state index contributed by atoms with van der Waals surface area (Å²) in [5.74, 6) is 0. The molecule has 12 heavy (non-hydrogen) atoms. The van der Waals surface area contributed by atoms with Crippen LogP contribution in [0.5, 0.6) is 0 Å². The Balaban J connectivity index is 1.96. The topological polar surface area (TPSA) is 46.3 Å². The Morgan fingerprint density at radius 1 is 1.50 bits per heavy atom. The number of H-pyrrole nitrogens is 1. The number of rotatable bonds is 6.